The number of pyridine rings is 1. The highest BCUT2D eigenvalue weighted by atomic mass is 35.5. The van der Waals surface area contributed by atoms with E-state index in [-0.39, 0.29) is 36.2 Å². The van der Waals surface area contributed by atoms with Crippen LogP contribution in [-0.2, 0) is 11.3 Å². The molecule has 0 atom stereocenters. The van der Waals surface area contributed by atoms with Gasteiger partial charge >= 0.3 is 0 Å². The molecule has 0 aliphatic rings. The number of nitrogens with two attached hydrogens (primary N) is 1. The first kappa shape index (κ1) is 11.3. The summed E-state index contributed by atoms with van der Waals surface area (Å²) in [5, 5.41) is 5.31. The number of hydrogen-bond donors (Lipinski definition) is 3. The Labute approximate surface area is 133 Å². The van der Waals surface area contributed by atoms with Crippen LogP contribution in [0.25, 0.3) is 0 Å². The molecule has 1 aromatic heterocycles. The van der Waals surface area contributed by atoms with Gasteiger partial charge in [-0.25, -0.2) is 9.37 Å². The fraction of sp³-hybridized carbons (Fsp3) is 0.143. The fourth-order valence-corrected chi connectivity index (χ4v) is 1.46. The molecule has 0 fully saturated rings. The topological polar surface area (TPSA) is 80.0 Å². The lowest BCUT2D eigenvalue weighted by Crippen LogP contribution is -2.10. The Kier molecular flexibility index (Phi) is 4.02. The van der Waals surface area contributed by atoms with E-state index in [9.17, 15) is 9.18 Å². The average molecular weight is 315 g/mol. The predicted octanol–water partition coefficient (Wildman–Crippen LogP) is 2.80. The fourth-order valence-electron chi connectivity index (χ4n) is 1.46. The number of carbonyl (C=O) groups is 1. The van der Waals surface area contributed by atoms with Crippen LogP contribution < -0.4 is 16.4 Å². The molecule has 0 unspecified atom stereocenters. The third-order valence-electron chi connectivity index (χ3n) is 2.33. The van der Waals surface area contributed by atoms with Gasteiger partial charge in [-0.15, -0.1) is 12.4 Å². The van der Waals surface area contributed by atoms with E-state index >= 15 is 0 Å². The summed E-state index contributed by atoms with van der Waals surface area (Å²) in [5.41, 5.74) is 6.08. The van der Waals surface area contributed by atoms with Gasteiger partial charge in [-0.1, -0.05) is 12.1 Å². The number of anilines is 3. The summed E-state index contributed by atoms with van der Waals surface area (Å²) in [6, 6.07) is 0.711. The Bertz CT molecular complexity index is 793. The van der Waals surface area contributed by atoms with Gasteiger partial charge in [-0.3, -0.25) is 4.79 Å². The number of benzene rings is 1. The van der Waals surface area contributed by atoms with Gasteiger partial charge in [0.25, 0.3) is 0 Å². The van der Waals surface area contributed by atoms with Crippen LogP contribution in [0.5, 0.6) is 0 Å². The lowest BCUT2D eigenvalue weighted by molar-refractivity contribution is -0.114. The molecule has 0 bridgehead atoms. The maximum atomic E-state index is 13.5. The van der Waals surface area contributed by atoms with Gasteiger partial charge in [-0.05, 0) is 29.8 Å². The third-order valence-corrected chi connectivity index (χ3v) is 2.33. The molecule has 0 aliphatic heterocycles. The van der Waals surface area contributed by atoms with Crippen molar-refractivity contribution in [3.8, 4) is 0 Å². The number of hydrogen-bond acceptors (Lipinski definition) is 4. The number of carbonyl (C=O) groups excluding carboxylic acids is 1. The summed E-state index contributed by atoms with van der Waals surface area (Å²) in [6.45, 7) is 1.24. The molecule has 2 rings (SSSR count). The van der Waals surface area contributed by atoms with Crippen molar-refractivity contribution in [2.75, 3.05) is 16.4 Å². The molecular formula is C14H16ClFN4O. The molecule has 1 amide bonds. The Morgan fingerprint density at radius 2 is 2.05 bits per heavy atom. The van der Waals surface area contributed by atoms with Crippen molar-refractivity contribution in [1.82, 2.24) is 4.98 Å². The molecule has 1 aromatic carbocycles. The summed E-state index contributed by atoms with van der Waals surface area (Å²) in [6.07, 6.45) is 0. The van der Waals surface area contributed by atoms with Crippen molar-refractivity contribution < 1.29 is 14.7 Å². The molecule has 2 aromatic rings. The minimum Gasteiger partial charge on any atom is -0.382 e. The van der Waals surface area contributed by atoms with E-state index in [0.717, 1.165) is 0 Å². The second kappa shape index (κ2) is 7.44. The van der Waals surface area contributed by atoms with Crippen LogP contribution in [0.3, 0.4) is 0 Å². The van der Waals surface area contributed by atoms with Crippen molar-refractivity contribution >= 4 is 35.6 Å². The summed E-state index contributed by atoms with van der Waals surface area (Å²) < 4.78 is 43.9. The van der Waals surface area contributed by atoms with Gasteiger partial charge in [0.05, 0.1) is 11.2 Å². The molecule has 112 valence electrons. The van der Waals surface area contributed by atoms with Crippen LogP contribution >= 0.6 is 12.4 Å². The lowest BCUT2D eigenvalue weighted by atomic mass is 10.2. The van der Waals surface area contributed by atoms with Crippen molar-refractivity contribution in [3.63, 3.8) is 0 Å². The number of amides is 1. The second-order valence-electron chi connectivity index (χ2n) is 3.96. The first-order valence-electron chi connectivity index (χ1n) is 7.75. The van der Waals surface area contributed by atoms with E-state index in [1.54, 1.807) is 0 Å². The predicted molar refractivity (Wildman–Crippen MR) is 83.9 cm³/mol. The van der Waals surface area contributed by atoms with E-state index in [4.69, 9.17) is 11.2 Å². The maximum absolute atomic E-state index is 13.5. The standard InChI is InChI=1S/C14H15FN4O.ClH/c1-9(20)18-12-6-7-13(19-14(12)16)17-8-10-2-4-11(15)5-3-10;/h2-7H,8H2,1H3,(H,18,20)(H3,16,17,19);1H/i2D,3D,4D,5D;. The Hall–Kier alpha value is -2.34. The van der Waals surface area contributed by atoms with Crippen LogP contribution in [0.1, 0.15) is 18.0 Å². The van der Waals surface area contributed by atoms with Crippen molar-refractivity contribution in [3.05, 3.63) is 47.7 Å². The average Bonchev–Trinajstić information content (AvgIpc) is 2.53. The van der Waals surface area contributed by atoms with Gasteiger partial charge in [0.2, 0.25) is 5.91 Å². The van der Waals surface area contributed by atoms with Crippen molar-refractivity contribution in [2.24, 2.45) is 0 Å². The molecule has 0 saturated carbocycles. The van der Waals surface area contributed by atoms with Gasteiger partial charge in [0.15, 0.2) is 0 Å². The van der Waals surface area contributed by atoms with Crippen molar-refractivity contribution in [2.45, 2.75) is 13.5 Å². The third kappa shape index (κ3) is 4.92. The number of rotatable bonds is 4. The van der Waals surface area contributed by atoms with Crippen LogP contribution in [0, 0.1) is 5.82 Å². The molecule has 21 heavy (non-hydrogen) atoms. The highest BCUT2D eigenvalue weighted by molar-refractivity contribution is 5.91. The Balaban J connectivity index is 0.00000312. The molecule has 4 N–H and O–H groups in total. The van der Waals surface area contributed by atoms with E-state index in [1.807, 2.05) is 0 Å². The number of halogens is 2. The summed E-state index contributed by atoms with van der Waals surface area (Å²) in [7, 11) is 0. The van der Waals surface area contributed by atoms with Crippen LogP contribution in [0.4, 0.5) is 21.7 Å². The van der Waals surface area contributed by atoms with Crippen LogP contribution in [0.2, 0.25) is 0 Å². The number of nitrogen functional groups attached to an aromatic ring is 1. The highest BCUT2D eigenvalue weighted by Gasteiger charge is 2.04. The molecular weight excluding hydrogens is 295 g/mol. The van der Waals surface area contributed by atoms with E-state index in [0.29, 0.717) is 11.5 Å². The molecule has 7 heteroatoms. The molecule has 0 spiro atoms. The molecule has 1 heterocycles. The minimum absolute atomic E-state index is 0. The number of aromatic nitrogens is 1. The van der Waals surface area contributed by atoms with E-state index < -0.39 is 30.0 Å². The largest absolute Gasteiger partial charge is 0.382 e. The summed E-state index contributed by atoms with van der Waals surface area (Å²) >= 11 is 0. The summed E-state index contributed by atoms with van der Waals surface area (Å²) in [4.78, 5) is 15.0. The van der Waals surface area contributed by atoms with E-state index in [2.05, 4.69) is 15.6 Å². The van der Waals surface area contributed by atoms with Crippen LogP contribution in [0.15, 0.2) is 36.3 Å². The van der Waals surface area contributed by atoms with Gasteiger partial charge in [-0.2, -0.15) is 0 Å². The number of nitrogens with zero attached hydrogens (tertiary/aromatic N) is 1. The summed E-state index contributed by atoms with van der Waals surface area (Å²) in [5.74, 6) is -1.09. The number of nitrogens with one attached hydrogen (secondary N) is 2. The zero-order chi connectivity index (χ0) is 18.0. The molecule has 0 saturated heterocycles. The quantitative estimate of drug-likeness (QED) is 0.810. The van der Waals surface area contributed by atoms with Crippen LogP contribution in [-0.4, -0.2) is 10.9 Å². The zero-order valence-electron chi connectivity index (χ0n) is 15.1. The smallest absolute Gasteiger partial charge is 0.221 e. The molecule has 5 nitrogen and oxygen atoms in total. The lowest BCUT2D eigenvalue weighted by Gasteiger charge is -2.09. The molecule has 0 radical (unpaired) electrons. The van der Waals surface area contributed by atoms with E-state index in [1.165, 1.54) is 19.1 Å². The normalized spacial score (nSPS) is 12.3. The monoisotopic (exact) mass is 314 g/mol. The maximum Gasteiger partial charge on any atom is 0.221 e. The Morgan fingerprint density at radius 1 is 1.38 bits per heavy atom. The van der Waals surface area contributed by atoms with Gasteiger partial charge in [0.1, 0.15) is 17.5 Å². The van der Waals surface area contributed by atoms with Crippen molar-refractivity contribution in [1.29, 1.82) is 0 Å². The van der Waals surface area contributed by atoms with Gasteiger partial charge < -0.3 is 16.4 Å². The van der Waals surface area contributed by atoms with Gasteiger partial charge in [0, 0.05) is 13.5 Å². The SMILES string of the molecule is Cl.[2H]c1c([2H])c(CNc2ccc(NC(C)=O)c(N)n2)c([2H])c([2H])c1F. The highest BCUT2D eigenvalue weighted by Crippen LogP contribution is 2.19. The minimum atomic E-state index is -1.18. The first-order chi connectivity index (χ1) is 11.2. The molecule has 0 aliphatic carbocycles. The first-order valence-corrected chi connectivity index (χ1v) is 5.75. The second-order valence-corrected chi connectivity index (χ2v) is 3.96. The zero-order valence-corrected chi connectivity index (χ0v) is 11.9. The Morgan fingerprint density at radius 3 is 2.62 bits per heavy atom.